The topological polar surface area (TPSA) is 170 Å². The molecule has 0 saturated heterocycles. The van der Waals surface area contributed by atoms with Crippen LogP contribution in [0.25, 0.3) is 0 Å². The van der Waals surface area contributed by atoms with Crippen molar-refractivity contribution in [1.29, 1.82) is 0 Å². The van der Waals surface area contributed by atoms with Gasteiger partial charge < -0.3 is 33.9 Å². The standard InChI is InChI=1S/C29H42N4O10/c1-22(36)43-21-25(42-17-13-33(11-15-35)19-24-7-5-9-27(31-24)29(38)40-3)20-41-16-12-32(10-14-34)18-23-6-4-8-26(30-23)28(37)39-2/h4-9,25,34-35H,10-21H2,1-3H3/t25-/m0/s1. The largest absolute Gasteiger partial charge is 0.464 e. The van der Waals surface area contributed by atoms with Crippen LogP contribution in [-0.4, -0.2) is 134 Å². The fourth-order valence-electron chi connectivity index (χ4n) is 3.96. The lowest BCUT2D eigenvalue weighted by molar-refractivity contribution is -0.147. The summed E-state index contributed by atoms with van der Waals surface area (Å²) in [4.78, 5) is 47.5. The second-order valence-corrected chi connectivity index (χ2v) is 9.38. The first-order valence-corrected chi connectivity index (χ1v) is 13.9. The quantitative estimate of drug-likeness (QED) is 0.113. The summed E-state index contributed by atoms with van der Waals surface area (Å²) < 4.78 is 26.4. The fraction of sp³-hybridized carbons (Fsp3) is 0.552. The molecular formula is C29H42N4O10. The van der Waals surface area contributed by atoms with Crippen LogP contribution in [0.15, 0.2) is 36.4 Å². The van der Waals surface area contributed by atoms with Crippen LogP contribution in [0.5, 0.6) is 0 Å². The average Bonchev–Trinajstić information content (AvgIpc) is 3.01. The van der Waals surface area contributed by atoms with E-state index < -0.39 is 24.0 Å². The van der Waals surface area contributed by atoms with Gasteiger partial charge in [-0.1, -0.05) is 12.1 Å². The molecule has 43 heavy (non-hydrogen) atoms. The molecule has 0 bridgehead atoms. The predicted octanol–water partition coefficient (Wildman–Crippen LogP) is 0.304. The van der Waals surface area contributed by atoms with Gasteiger partial charge in [-0.3, -0.25) is 14.6 Å². The summed E-state index contributed by atoms with van der Waals surface area (Å²) in [5.74, 6) is -1.50. The van der Waals surface area contributed by atoms with Gasteiger partial charge in [-0.15, -0.1) is 0 Å². The van der Waals surface area contributed by atoms with E-state index in [2.05, 4.69) is 9.97 Å². The van der Waals surface area contributed by atoms with Crippen LogP contribution < -0.4 is 0 Å². The number of methoxy groups -OCH3 is 2. The molecule has 0 fully saturated rings. The first-order chi connectivity index (χ1) is 20.8. The molecule has 0 aliphatic rings. The monoisotopic (exact) mass is 606 g/mol. The molecule has 14 heteroatoms. The Hall–Kier alpha value is -3.53. The minimum Gasteiger partial charge on any atom is -0.464 e. The molecule has 0 unspecified atom stereocenters. The van der Waals surface area contributed by atoms with Crippen LogP contribution in [-0.2, 0) is 41.6 Å². The molecule has 0 aromatic carbocycles. The van der Waals surface area contributed by atoms with E-state index in [-0.39, 0.29) is 44.4 Å². The van der Waals surface area contributed by atoms with Crippen LogP contribution in [0.3, 0.4) is 0 Å². The average molecular weight is 607 g/mol. The third-order valence-electron chi connectivity index (χ3n) is 6.10. The highest BCUT2D eigenvalue weighted by Crippen LogP contribution is 2.08. The highest BCUT2D eigenvalue weighted by molar-refractivity contribution is 5.87. The number of hydrogen-bond donors (Lipinski definition) is 2. The van der Waals surface area contributed by atoms with Crippen LogP contribution in [0.2, 0.25) is 0 Å². The van der Waals surface area contributed by atoms with Crippen LogP contribution in [0.4, 0.5) is 0 Å². The molecule has 0 radical (unpaired) electrons. The van der Waals surface area contributed by atoms with Crippen molar-refractivity contribution in [3.05, 3.63) is 59.2 Å². The second-order valence-electron chi connectivity index (χ2n) is 9.38. The van der Waals surface area contributed by atoms with E-state index in [1.807, 2.05) is 9.80 Å². The van der Waals surface area contributed by atoms with Gasteiger partial charge in [0.1, 0.15) is 24.1 Å². The number of nitrogens with zero attached hydrogens (tertiary/aromatic N) is 4. The summed E-state index contributed by atoms with van der Waals surface area (Å²) in [6.07, 6.45) is -0.537. The van der Waals surface area contributed by atoms with E-state index >= 15 is 0 Å². The molecular weight excluding hydrogens is 564 g/mol. The Morgan fingerprint density at radius 2 is 1.28 bits per heavy atom. The van der Waals surface area contributed by atoms with E-state index in [1.54, 1.807) is 36.4 Å². The minimum absolute atomic E-state index is 0.00264. The lowest BCUT2D eigenvalue weighted by Gasteiger charge is -2.24. The molecule has 2 N–H and O–H groups in total. The molecule has 2 aromatic heterocycles. The molecule has 0 saturated carbocycles. The Bertz CT molecular complexity index is 1140. The lowest BCUT2D eigenvalue weighted by Crippen LogP contribution is -2.35. The highest BCUT2D eigenvalue weighted by Gasteiger charge is 2.16. The van der Waals surface area contributed by atoms with E-state index in [0.717, 1.165) is 0 Å². The van der Waals surface area contributed by atoms with Crippen molar-refractivity contribution in [1.82, 2.24) is 19.8 Å². The van der Waals surface area contributed by atoms with Crippen LogP contribution in [0, 0.1) is 0 Å². The van der Waals surface area contributed by atoms with Crippen molar-refractivity contribution >= 4 is 17.9 Å². The number of aliphatic hydroxyl groups excluding tert-OH is 2. The molecule has 2 rings (SSSR count). The second kappa shape index (κ2) is 20.4. The Balaban J connectivity index is 1.88. The number of aromatic nitrogens is 2. The normalized spacial score (nSPS) is 11.9. The molecule has 0 aliphatic heterocycles. The molecule has 0 aliphatic carbocycles. The first kappa shape index (κ1) is 35.7. The third kappa shape index (κ3) is 14.0. The van der Waals surface area contributed by atoms with Crippen LogP contribution in [0.1, 0.15) is 39.3 Å². The van der Waals surface area contributed by atoms with Crippen LogP contribution >= 0.6 is 0 Å². The predicted molar refractivity (Wildman–Crippen MR) is 153 cm³/mol. The molecule has 0 amide bonds. The molecule has 2 aromatic rings. The van der Waals surface area contributed by atoms with Crippen molar-refractivity contribution in [2.45, 2.75) is 26.1 Å². The Morgan fingerprint density at radius 1 is 0.767 bits per heavy atom. The zero-order valence-corrected chi connectivity index (χ0v) is 25.0. The van der Waals surface area contributed by atoms with Gasteiger partial charge in [0.2, 0.25) is 0 Å². The summed E-state index contributed by atoms with van der Waals surface area (Å²) in [6, 6.07) is 10.1. The molecule has 14 nitrogen and oxygen atoms in total. The van der Waals surface area contributed by atoms with Crippen molar-refractivity contribution in [2.24, 2.45) is 0 Å². The van der Waals surface area contributed by atoms with Crippen molar-refractivity contribution < 1.29 is 48.3 Å². The number of carbonyl (C=O) groups excluding carboxylic acids is 3. The van der Waals surface area contributed by atoms with Gasteiger partial charge >= 0.3 is 17.9 Å². The van der Waals surface area contributed by atoms with Gasteiger partial charge in [-0.2, -0.15) is 0 Å². The summed E-state index contributed by atoms with van der Waals surface area (Å²) >= 11 is 0. The lowest BCUT2D eigenvalue weighted by atomic mass is 10.2. The maximum absolute atomic E-state index is 11.8. The number of carbonyl (C=O) groups is 3. The first-order valence-electron chi connectivity index (χ1n) is 13.9. The number of rotatable bonds is 21. The van der Waals surface area contributed by atoms with Gasteiger partial charge in [-0.05, 0) is 24.3 Å². The summed E-state index contributed by atoms with van der Waals surface area (Å²) in [5, 5.41) is 19.0. The molecule has 2 heterocycles. The van der Waals surface area contributed by atoms with Gasteiger partial charge in [-0.25, -0.2) is 19.6 Å². The number of esters is 3. The maximum atomic E-state index is 11.8. The van der Waals surface area contributed by atoms with E-state index in [4.69, 9.17) is 23.7 Å². The number of aliphatic hydroxyl groups is 2. The molecule has 238 valence electrons. The van der Waals surface area contributed by atoms with Gasteiger partial charge in [0.05, 0.1) is 58.6 Å². The highest BCUT2D eigenvalue weighted by atomic mass is 16.6. The van der Waals surface area contributed by atoms with Gasteiger partial charge in [0, 0.05) is 46.2 Å². The Morgan fingerprint density at radius 3 is 1.74 bits per heavy atom. The zero-order chi connectivity index (χ0) is 31.5. The Labute approximate surface area is 251 Å². The third-order valence-corrected chi connectivity index (χ3v) is 6.10. The van der Waals surface area contributed by atoms with Crippen molar-refractivity contribution in [3.8, 4) is 0 Å². The minimum atomic E-state index is -0.537. The van der Waals surface area contributed by atoms with Gasteiger partial charge in [0.25, 0.3) is 0 Å². The smallest absolute Gasteiger partial charge is 0.356 e. The number of pyridine rings is 2. The summed E-state index contributed by atoms with van der Waals surface area (Å²) in [7, 11) is 2.58. The zero-order valence-electron chi connectivity index (χ0n) is 25.0. The Kier molecular flexibility index (Phi) is 16.9. The molecule has 0 spiro atoms. The summed E-state index contributed by atoms with van der Waals surface area (Å²) in [6.45, 7) is 4.27. The number of ether oxygens (including phenoxy) is 5. The summed E-state index contributed by atoms with van der Waals surface area (Å²) in [5.41, 5.74) is 1.68. The molecule has 1 atom stereocenters. The fourth-order valence-corrected chi connectivity index (χ4v) is 3.96. The van der Waals surface area contributed by atoms with Crippen molar-refractivity contribution in [2.75, 3.05) is 80.0 Å². The van der Waals surface area contributed by atoms with E-state index in [9.17, 15) is 24.6 Å². The number of hydrogen-bond acceptors (Lipinski definition) is 14. The van der Waals surface area contributed by atoms with Crippen molar-refractivity contribution in [3.63, 3.8) is 0 Å². The van der Waals surface area contributed by atoms with E-state index in [1.165, 1.54) is 21.1 Å². The SMILES string of the molecule is COC(=O)c1cccc(CN(CCO)CCOC[C@@H](COC(C)=O)OCCN(CCO)Cc2cccc(C(=O)OC)n2)n1. The maximum Gasteiger partial charge on any atom is 0.356 e. The van der Waals surface area contributed by atoms with Gasteiger partial charge in [0.15, 0.2) is 0 Å². The van der Waals surface area contributed by atoms with E-state index in [0.29, 0.717) is 57.3 Å².